The Hall–Kier alpha value is -0.610. The number of hydrogen-bond acceptors (Lipinski definition) is 3. The molecule has 4 heteroatoms. The van der Waals surface area contributed by atoms with Gasteiger partial charge in [0.25, 0.3) is 0 Å². The van der Waals surface area contributed by atoms with E-state index in [1.54, 1.807) is 0 Å². The van der Waals surface area contributed by atoms with Crippen molar-refractivity contribution < 1.29 is 4.79 Å². The average Bonchev–Trinajstić information content (AvgIpc) is 2.72. The van der Waals surface area contributed by atoms with Crippen LogP contribution in [0.5, 0.6) is 0 Å². The van der Waals surface area contributed by atoms with Crippen LogP contribution in [0.25, 0.3) is 0 Å². The fraction of sp³-hybridized carbons (Fsp3) is 0.917. The summed E-state index contributed by atoms with van der Waals surface area (Å²) >= 11 is 0. The van der Waals surface area contributed by atoms with Gasteiger partial charge in [0.2, 0.25) is 5.91 Å². The molecule has 2 saturated heterocycles. The zero-order valence-corrected chi connectivity index (χ0v) is 10.8. The highest BCUT2D eigenvalue weighted by atomic mass is 16.2. The summed E-state index contributed by atoms with van der Waals surface area (Å²) < 4.78 is 0. The Morgan fingerprint density at radius 3 is 2.69 bits per heavy atom. The molecule has 3 unspecified atom stereocenters. The summed E-state index contributed by atoms with van der Waals surface area (Å²) in [7, 11) is 2.12. The summed E-state index contributed by atoms with van der Waals surface area (Å²) in [4.78, 5) is 16.8. The van der Waals surface area contributed by atoms with Crippen LogP contribution in [-0.2, 0) is 4.79 Å². The van der Waals surface area contributed by atoms with Gasteiger partial charge in [-0.05, 0) is 40.3 Å². The molecule has 2 heterocycles. The lowest BCUT2D eigenvalue weighted by molar-refractivity contribution is -0.134. The predicted molar refractivity (Wildman–Crippen MR) is 64.0 cm³/mol. The molecule has 3 atom stereocenters. The SMILES string of the molecule is CCC1(C)NC(C)N(C2CCN(C)C2)C1=O. The van der Waals surface area contributed by atoms with Crippen LogP contribution in [-0.4, -0.2) is 53.6 Å². The minimum absolute atomic E-state index is 0.175. The van der Waals surface area contributed by atoms with Crippen LogP contribution in [0.3, 0.4) is 0 Å². The Morgan fingerprint density at radius 1 is 1.56 bits per heavy atom. The number of amides is 1. The Labute approximate surface area is 98.0 Å². The second-order valence-electron chi connectivity index (χ2n) is 5.42. The number of carbonyl (C=O) groups is 1. The minimum Gasteiger partial charge on any atom is -0.322 e. The number of nitrogens with zero attached hydrogens (tertiary/aromatic N) is 2. The summed E-state index contributed by atoms with van der Waals surface area (Å²) in [5, 5.41) is 3.43. The van der Waals surface area contributed by atoms with E-state index in [4.69, 9.17) is 0 Å². The van der Waals surface area contributed by atoms with E-state index in [0.29, 0.717) is 6.04 Å². The number of likely N-dealkylation sites (tertiary alicyclic amines) is 1. The van der Waals surface area contributed by atoms with Gasteiger partial charge >= 0.3 is 0 Å². The summed E-state index contributed by atoms with van der Waals surface area (Å²) in [5.74, 6) is 0.280. The van der Waals surface area contributed by atoms with Crippen LogP contribution in [0.2, 0.25) is 0 Å². The topological polar surface area (TPSA) is 35.6 Å². The molecule has 4 nitrogen and oxygen atoms in total. The molecular weight excluding hydrogens is 202 g/mol. The predicted octanol–water partition coefficient (Wildman–Crippen LogP) is 0.637. The molecule has 0 aromatic carbocycles. The lowest BCUT2D eigenvalue weighted by atomic mass is 9.99. The number of likely N-dealkylation sites (N-methyl/N-ethyl adjacent to an activating group) is 1. The van der Waals surface area contributed by atoms with Crippen LogP contribution >= 0.6 is 0 Å². The first-order valence-electron chi connectivity index (χ1n) is 6.27. The Kier molecular flexibility index (Phi) is 2.97. The molecule has 1 N–H and O–H groups in total. The summed E-state index contributed by atoms with van der Waals surface area (Å²) in [5.41, 5.74) is -0.347. The fourth-order valence-electron chi connectivity index (χ4n) is 2.93. The van der Waals surface area contributed by atoms with E-state index in [1.807, 2.05) is 6.92 Å². The molecule has 2 aliphatic rings. The molecule has 0 saturated carbocycles. The molecule has 1 amide bonds. The van der Waals surface area contributed by atoms with Gasteiger partial charge in [-0.15, -0.1) is 0 Å². The van der Waals surface area contributed by atoms with Gasteiger partial charge in [-0.25, -0.2) is 0 Å². The zero-order valence-electron chi connectivity index (χ0n) is 10.8. The van der Waals surface area contributed by atoms with Gasteiger partial charge in [-0.3, -0.25) is 10.1 Å². The molecule has 0 radical (unpaired) electrons. The fourth-order valence-corrected chi connectivity index (χ4v) is 2.93. The first-order chi connectivity index (χ1) is 7.48. The third-order valence-corrected chi connectivity index (χ3v) is 4.12. The maximum atomic E-state index is 12.4. The van der Waals surface area contributed by atoms with Gasteiger partial charge in [0.1, 0.15) is 0 Å². The third-order valence-electron chi connectivity index (χ3n) is 4.12. The molecular formula is C12H23N3O. The van der Waals surface area contributed by atoms with E-state index in [-0.39, 0.29) is 17.6 Å². The molecule has 0 aromatic rings. The molecule has 0 bridgehead atoms. The van der Waals surface area contributed by atoms with Crippen molar-refractivity contribution in [2.24, 2.45) is 0 Å². The Morgan fingerprint density at radius 2 is 2.25 bits per heavy atom. The zero-order chi connectivity index (χ0) is 11.9. The first-order valence-corrected chi connectivity index (χ1v) is 6.27. The van der Waals surface area contributed by atoms with E-state index < -0.39 is 0 Å². The van der Waals surface area contributed by atoms with Gasteiger partial charge in [-0.2, -0.15) is 0 Å². The van der Waals surface area contributed by atoms with Crippen LogP contribution in [0.4, 0.5) is 0 Å². The smallest absolute Gasteiger partial charge is 0.244 e. The van der Waals surface area contributed by atoms with Crippen LogP contribution < -0.4 is 5.32 Å². The Balaban J connectivity index is 2.14. The van der Waals surface area contributed by atoms with Gasteiger partial charge in [0, 0.05) is 12.6 Å². The van der Waals surface area contributed by atoms with Crippen molar-refractivity contribution in [3.05, 3.63) is 0 Å². The second kappa shape index (κ2) is 4.00. The van der Waals surface area contributed by atoms with Crippen LogP contribution in [0.15, 0.2) is 0 Å². The summed E-state index contributed by atoms with van der Waals surface area (Å²) in [6.07, 6.45) is 2.14. The normalized spacial score (nSPS) is 41.0. The molecule has 0 aromatic heterocycles. The van der Waals surface area contributed by atoms with E-state index >= 15 is 0 Å². The third kappa shape index (κ3) is 1.74. The number of rotatable bonds is 2. The first kappa shape index (κ1) is 11.9. The molecule has 2 aliphatic heterocycles. The summed E-state index contributed by atoms with van der Waals surface area (Å²) in [6, 6.07) is 0.397. The van der Waals surface area contributed by atoms with Gasteiger partial charge < -0.3 is 9.80 Å². The second-order valence-corrected chi connectivity index (χ2v) is 5.42. The van der Waals surface area contributed by atoms with E-state index in [9.17, 15) is 4.79 Å². The van der Waals surface area contributed by atoms with Gasteiger partial charge in [-0.1, -0.05) is 6.92 Å². The highest BCUT2D eigenvalue weighted by Crippen LogP contribution is 2.28. The van der Waals surface area contributed by atoms with Gasteiger partial charge in [0.05, 0.1) is 11.7 Å². The van der Waals surface area contributed by atoms with E-state index in [2.05, 4.69) is 36.0 Å². The number of carbonyl (C=O) groups excluding carboxylic acids is 1. The lowest BCUT2D eigenvalue weighted by Gasteiger charge is -2.28. The van der Waals surface area contributed by atoms with E-state index in [1.165, 1.54) is 0 Å². The van der Waals surface area contributed by atoms with Crippen molar-refractivity contribution in [1.82, 2.24) is 15.1 Å². The van der Waals surface area contributed by atoms with Crippen molar-refractivity contribution in [3.63, 3.8) is 0 Å². The largest absolute Gasteiger partial charge is 0.322 e. The van der Waals surface area contributed by atoms with Crippen molar-refractivity contribution in [1.29, 1.82) is 0 Å². The monoisotopic (exact) mass is 225 g/mol. The highest BCUT2D eigenvalue weighted by molar-refractivity contribution is 5.88. The lowest BCUT2D eigenvalue weighted by Crippen LogP contribution is -2.45. The number of hydrogen-bond donors (Lipinski definition) is 1. The maximum absolute atomic E-state index is 12.4. The number of nitrogens with one attached hydrogen (secondary N) is 1. The Bertz CT molecular complexity index is 294. The average molecular weight is 225 g/mol. The van der Waals surface area contributed by atoms with Crippen LogP contribution in [0, 0.1) is 0 Å². The molecule has 0 aliphatic carbocycles. The molecule has 16 heavy (non-hydrogen) atoms. The molecule has 92 valence electrons. The van der Waals surface area contributed by atoms with Crippen molar-refractivity contribution in [3.8, 4) is 0 Å². The molecule has 2 rings (SSSR count). The van der Waals surface area contributed by atoms with Crippen LogP contribution in [0.1, 0.15) is 33.6 Å². The van der Waals surface area contributed by atoms with Crippen molar-refractivity contribution in [2.75, 3.05) is 20.1 Å². The maximum Gasteiger partial charge on any atom is 0.244 e. The van der Waals surface area contributed by atoms with E-state index in [0.717, 1.165) is 25.9 Å². The van der Waals surface area contributed by atoms with Gasteiger partial charge in [0.15, 0.2) is 0 Å². The quantitative estimate of drug-likeness (QED) is 0.749. The standard InChI is InChI=1S/C12H23N3O/c1-5-12(3)11(16)15(9(2)13-12)10-6-7-14(4)8-10/h9-10,13H,5-8H2,1-4H3. The molecule has 2 fully saturated rings. The minimum atomic E-state index is -0.347. The molecule has 0 spiro atoms. The van der Waals surface area contributed by atoms with Crippen molar-refractivity contribution >= 4 is 5.91 Å². The van der Waals surface area contributed by atoms with Crippen molar-refractivity contribution in [2.45, 2.75) is 51.4 Å². The highest BCUT2D eigenvalue weighted by Gasteiger charge is 2.48. The summed E-state index contributed by atoms with van der Waals surface area (Å²) in [6.45, 7) is 8.30.